The van der Waals surface area contributed by atoms with Gasteiger partial charge in [0.05, 0.1) is 23.7 Å². The van der Waals surface area contributed by atoms with E-state index in [9.17, 15) is 0 Å². The van der Waals surface area contributed by atoms with Gasteiger partial charge in [0.15, 0.2) is 0 Å². The molecule has 0 N–H and O–H groups in total. The molecule has 2 aromatic rings. The Labute approximate surface area is 112 Å². The van der Waals surface area contributed by atoms with Crippen LogP contribution in [0.5, 0.6) is 5.75 Å². The van der Waals surface area contributed by atoms with Gasteiger partial charge < -0.3 is 4.74 Å². The minimum atomic E-state index is -3.08. The fourth-order valence-electron chi connectivity index (χ4n) is 1.00. The van der Waals surface area contributed by atoms with E-state index in [2.05, 4.69) is 20.9 Å². The maximum absolute atomic E-state index is 8.04. The Kier molecular flexibility index (Phi) is 0.908. The molecule has 3 nitrogen and oxygen atoms in total. The molecule has 1 aromatic carbocycles. The molecule has 0 aliphatic heterocycles. The molecule has 0 fully saturated rings. The summed E-state index contributed by atoms with van der Waals surface area (Å²) in [6.45, 7) is -2.85. The lowest BCUT2D eigenvalue weighted by Crippen LogP contribution is -1.98. The number of benzene rings is 1. The Bertz CT molecular complexity index is 871. The van der Waals surface area contributed by atoms with Gasteiger partial charge in [-0.15, -0.1) is 0 Å². The number of aromatic nitrogens is 2. The van der Waals surface area contributed by atoms with Crippen molar-refractivity contribution >= 4 is 15.9 Å². The summed E-state index contributed by atoms with van der Waals surface area (Å²) in [6, 6.07) is -3.10. The second kappa shape index (κ2) is 4.06. The third kappa shape index (κ3) is 1.90. The number of rotatable bonds is 2. The molecule has 0 aliphatic rings. The van der Waals surface area contributed by atoms with Gasteiger partial charge in [-0.25, -0.2) is 4.98 Å². The number of nitrogens with zero attached hydrogens (tertiary/aromatic N) is 2. The molecule has 78 valence electrons. The average molecular weight is 278 g/mol. The van der Waals surface area contributed by atoms with Crippen molar-refractivity contribution in [1.82, 2.24) is 9.55 Å². The number of imidazole rings is 1. The summed E-state index contributed by atoms with van der Waals surface area (Å²) < 4.78 is 88.8. The third-order valence-electron chi connectivity index (χ3n) is 1.58. The monoisotopic (exact) mass is 277 g/mol. The second-order valence-electron chi connectivity index (χ2n) is 2.45. The summed E-state index contributed by atoms with van der Waals surface area (Å²) in [5.74, 6) is -1.49. The van der Waals surface area contributed by atoms with E-state index in [0.29, 0.717) is 4.57 Å². The zero-order valence-corrected chi connectivity index (χ0v) is 8.77. The van der Waals surface area contributed by atoms with Gasteiger partial charge in [-0.2, -0.15) is 0 Å². The Balaban J connectivity index is 3.00. The van der Waals surface area contributed by atoms with E-state index in [-0.39, 0.29) is 4.60 Å². The molecule has 0 spiro atoms. The van der Waals surface area contributed by atoms with Crippen molar-refractivity contribution in [1.29, 1.82) is 0 Å². The van der Waals surface area contributed by atoms with Crippen molar-refractivity contribution in [2.45, 2.75) is 6.85 Å². The number of hydrogen-bond donors (Lipinski definition) is 0. The van der Waals surface area contributed by atoms with Crippen LogP contribution in [0.2, 0.25) is 0 Å². The van der Waals surface area contributed by atoms with Crippen LogP contribution in [0.25, 0.3) is 5.69 Å². The highest BCUT2D eigenvalue weighted by Gasteiger charge is 2.08. The summed E-state index contributed by atoms with van der Waals surface area (Å²) in [7, 11) is -3.08. The van der Waals surface area contributed by atoms with Crippen LogP contribution in [0.4, 0.5) is 0 Å². The van der Waals surface area contributed by atoms with E-state index >= 15 is 0 Å². The Morgan fingerprint density at radius 2 is 2.40 bits per heavy atom. The molecular weight excluding hydrogens is 256 g/mol. The van der Waals surface area contributed by atoms with Crippen LogP contribution in [0.1, 0.15) is 20.9 Å². The highest BCUT2D eigenvalue weighted by atomic mass is 79.9. The highest BCUT2D eigenvalue weighted by Crippen LogP contribution is 2.24. The Morgan fingerprint density at radius 1 is 1.53 bits per heavy atom. The molecule has 0 atom stereocenters. The van der Waals surface area contributed by atoms with E-state index < -0.39 is 61.5 Å². The smallest absolute Gasteiger partial charge is 0.142 e. The number of methoxy groups -OCH3 is 1. The first-order valence-corrected chi connectivity index (χ1v) is 4.51. The summed E-state index contributed by atoms with van der Waals surface area (Å²) >= 11 is 2.91. The maximum Gasteiger partial charge on any atom is 0.142 e. The van der Waals surface area contributed by atoms with Crippen molar-refractivity contribution in [2.24, 2.45) is 0 Å². The standard InChI is InChI=1S/C11H11BrN2O/c1-8-13-11(12)7-14(8)9-5-3-4-6-10(9)15-2/h3-7H,1-2H3/i1D3,2D3,3D,4D,5D,6D,7D. The van der Waals surface area contributed by atoms with Gasteiger partial charge in [0.2, 0.25) is 0 Å². The molecule has 2 rings (SSSR count). The van der Waals surface area contributed by atoms with Crippen LogP contribution in [-0.4, -0.2) is 16.6 Å². The lowest BCUT2D eigenvalue weighted by Gasteiger charge is -2.09. The topological polar surface area (TPSA) is 27.1 Å². The molecule has 15 heavy (non-hydrogen) atoms. The molecule has 0 saturated heterocycles. The van der Waals surface area contributed by atoms with Crippen molar-refractivity contribution in [3.8, 4) is 11.4 Å². The largest absolute Gasteiger partial charge is 0.495 e. The average Bonchev–Trinajstić information content (AvgIpc) is 2.78. The number of para-hydroxylation sites is 2. The zero-order chi connectivity index (χ0) is 20.2. The quantitative estimate of drug-likeness (QED) is 0.844. The fraction of sp³-hybridized carbons (Fsp3) is 0.182. The van der Waals surface area contributed by atoms with Gasteiger partial charge in [-0.1, -0.05) is 12.1 Å². The van der Waals surface area contributed by atoms with Crippen LogP contribution in [0.15, 0.2) is 34.9 Å². The highest BCUT2D eigenvalue weighted by molar-refractivity contribution is 9.10. The molecule has 1 aromatic heterocycles. The van der Waals surface area contributed by atoms with Gasteiger partial charge in [0.1, 0.15) is 16.2 Å². The van der Waals surface area contributed by atoms with Crippen molar-refractivity contribution in [3.63, 3.8) is 0 Å². The number of halogens is 1. The summed E-state index contributed by atoms with van der Waals surface area (Å²) in [5, 5.41) is 0. The maximum atomic E-state index is 8.04. The van der Waals surface area contributed by atoms with Gasteiger partial charge in [0.25, 0.3) is 0 Å². The van der Waals surface area contributed by atoms with Crippen LogP contribution < -0.4 is 4.74 Å². The number of hydrogen-bond acceptors (Lipinski definition) is 2. The molecule has 0 aliphatic carbocycles. The van der Waals surface area contributed by atoms with E-state index in [0.717, 1.165) is 0 Å². The predicted octanol–water partition coefficient (Wildman–Crippen LogP) is 2.95. The van der Waals surface area contributed by atoms with E-state index in [1.807, 2.05) is 0 Å². The van der Waals surface area contributed by atoms with Crippen LogP contribution >= 0.6 is 15.9 Å². The van der Waals surface area contributed by atoms with Crippen molar-refractivity contribution in [2.75, 3.05) is 7.04 Å². The van der Waals surface area contributed by atoms with Crippen molar-refractivity contribution < 1.29 is 19.8 Å². The molecule has 0 radical (unpaired) electrons. The van der Waals surface area contributed by atoms with Crippen LogP contribution in [-0.2, 0) is 0 Å². The van der Waals surface area contributed by atoms with Crippen molar-refractivity contribution in [3.05, 3.63) is 40.8 Å². The van der Waals surface area contributed by atoms with E-state index in [1.165, 1.54) is 0 Å². The number of ether oxygens (including phenoxy) is 1. The first-order chi connectivity index (χ1) is 11.7. The molecule has 0 bridgehead atoms. The molecular formula is C11H11BrN2O. The minimum Gasteiger partial charge on any atom is -0.495 e. The first-order valence-electron chi connectivity index (χ1n) is 9.22. The fourth-order valence-corrected chi connectivity index (χ4v) is 1.35. The first kappa shape index (κ1) is 3.35. The lowest BCUT2D eigenvalue weighted by molar-refractivity contribution is 0.412. The summed E-state index contributed by atoms with van der Waals surface area (Å²) in [5.41, 5.74) is -0.624. The SMILES string of the molecule is [2H]c1c([2H])c([2H])c(-n2c(C([2H])([2H])[2H])nc(Br)c2[2H])c(OC([2H])([2H])[2H])c1[2H]. The van der Waals surface area contributed by atoms with Gasteiger partial charge in [0, 0.05) is 10.3 Å². The van der Waals surface area contributed by atoms with Crippen LogP contribution in [0.3, 0.4) is 0 Å². The normalized spacial score (nSPS) is 22.6. The molecule has 0 saturated carbocycles. The Morgan fingerprint density at radius 3 is 3.20 bits per heavy atom. The van der Waals surface area contributed by atoms with Gasteiger partial charge in [-0.3, -0.25) is 4.57 Å². The summed E-state index contributed by atoms with van der Waals surface area (Å²) in [6.07, 6.45) is -0.545. The minimum absolute atomic E-state index is 0.198. The number of aryl methyl sites for hydroxylation is 1. The second-order valence-corrected chi connectivity index (χ2v) is 3.20. The summed E-state index contributed by atoms with van der Waals surface area (Å²) in [4.78, 5) is 3.70. The molecule has 0 amide bonds. The predicted molar refractivity (Wildman–Crippen MR) is 62.6 cm³/mol. The van der Waals surface area contributed by atoms with Crippen LogP contribution in [0, 0.1) is 6.85 Å². The molecule has 4 heteroatoms. The molecule has 1 heterocycles. The van der Waals surface area contributed by atoms with E-state index in [4.69, 9.17) is 19.8 Å². The Hall–Kier alpha value is -1.29. The zero-order valence-electron chi connectivity index (χ0n) is 18.2. The van der Waals surface area contributed by atoms with Gasteiger partial charge in [-0.05, 0) is 34.9 Å². The third-order valence-corrected chi connectivity index (χ3v) is 1.93. The molecule has 0 unspecified atom stereocenters. The van der Waals surface area contributed by atoms with E-state index in [1.54, 1.807) is 0 Å². The lowest BCUT2D eigenvalue weighted by atomic mass is 10.3. The van der Waals surface area contributed by atoms with Gasteiger partial charge >= 0.3 is 0 Å².